The molecular formula is C5H7N9. The van der Waals surface area contributed by atoms with E-state index in [4.69, 9.17) is 5.73 Å². The number of aromatic amines is 1. The van der Waals surface area contributed by atoms with Crippen molar-refractivity contribution in [2.75, 3.05) is 5.43 Å². The number of rotatable bonds is 2. The molecule has 0 radical (unpaired) electrons. The van der Waals surface area contributed by atoms with Gasteiger partial charge in [0.2, 0.25) is 0 Å². The lowest BCUT2D eigenvalue weighted by atomic mass is 10.2. The molecule has 0 spiro atoms. The van der Waals surface area contributed by atoms with E-state index in [1.807, 2.05) is 0 Å². The topological polar surface area (TPSA) is 130 Å². The van der Waals surface area contributed by atoms with Crippen LogP contribution in [0.5, 0.6) is 0 Å². The summed E-state index contributed by atoms with van der Waals surface area (Å²) in [5.41, 5.74) is 9.19. The minimum absolute atomic E-state index is 0.255. The molecule has 9 heteroatoms. The molecule has 1 aromatic rings. The number of nitrogens with two attached hydrogens (primary N) is 1. The van der Waals surface area contributed by atoms with Crippen molar-refractivity contribution in [1.82, 2.24) is 20.6 Å². The smallest absolute Gasteiger partial charge is 0.283 e. The largest absolute Gasteiger partial charge is 0.380 e. The highest BCUT2D eigenvalue weighted by Crippen LogP contribution is 1.98. The monoisotopic (exact) mass is 193 g/mol. The van der Waals surface area contributed by atoms with Gasteiger partial charge in [-0.25, -0.2) is 5.43 Å². The van der Waals surface area contributed by atoms with Gasteiger partial charge in [0.05, 0.1) is 5.71 Å². The van der Waals surface area contributed by atoms with Gasteiger partial charge in [-0.1, -0.05) is 5.10 Å². The zero-order valence-electron chi connectivity index (χ0n) is 7.26. The van der Waals surface area contributed by atoms with Gasteiger partial charge >= 0.3 is 0 Å². The Kier molecular flexibility index (Phi) is 1.89. The number of tetrazole rings is 1. The normalized spacial score (nSPS) is 18.2. The Labute approximate surface area is 78.2 Å². The van der Waals surface area contributed by atoms with Crippen molar-refractivity contribution in [3.05, 3.63) is 0 Å². The number of anilines is 1. The summed E-state index contributed by atoms with van der Waals surface area (Å²) in [5.74, 6) is 0.517. The van der Waals surface area contributed by atoms with Gasteiger partial charge < -0.3 is 5.73 Å². The standard InChI is InChI=1S/C5H7N9/c1-2-3(4(6)9-7-2)8-10-5-11-13-14-12-5/h1H3,(H2,6,8,9)(H2,10,11,12,13,14). The van der Waals surface area contributed by atoms with Gasteiger partial charge in [0.25, 0.3) is 5.95 Å². The van der Waals surface area contributed by atoms with Crippen molar-refractivity contribution in [1.29, 1.82) is 0 Å². The van der Waals surface area contributed by atoms with Crippen LogP contribution < -0.4 is 11.2 Å². The maximum atomic E-state index is 5.51. The van der Waals surface area contributed by atoms with Crippen LogP contribution in [0.4, 0.5) is 5.95 Å². The van der Waals surface area contributed by atoms with E-state index < -0.39 is 0 Å². The van der Waals surface area contributed by atoms with Crippen molar-refractivity contribution in [3.8, 4) is 0 Å². The molecule has 14 heavy (non-hydrogen) atoms. The van der Waals surface area contributed by atoms with E-state index >= 15 is 0 Å². The number of hydrogen-bond acceptors (Lipinski definition) is 8. The van der Waals surface area contributed by atoms with Gasteiger partial charge in [0, 0.05) is 0 Å². The number of aromatic nitrogens is 4. The number of H-pyrrole nitrogens is 1. The Balaban J connectivity index is 2.12. The van der Waals surface area contributed by atoms with Gasteiger partial charge in [0.15, 0.2) is 11.5 Å². The van der Waals surface area contributed by atoms with Crippen LogP contribution in [0.25, 0.3) is 0 Å². The number of hydrazone groups is 1. The quantitative estimate of drug-likeness (QED) is 0.503. The van der Waals surface area contributed by atoms with Gasteiger partial charge in [0.1, 0.15) is 0 Å². The molecule has 1 aliphatic heterocycles. The van der Waals surface area contributed by atoms with Crippen molar-refractivity contribution in [2.45, 2.75) is 6.92 Å². The van der Waals surface area contributed by atoms with E-state index in [0.717, 1.165) is 0 Å². The van der Waals surface area contributed by atoms with Crippen LogP contribution in [-0.2, 0) is 0 Å². The molecule has 0 bridgehead atoms. The zero-order chi connectivity index (χ0) is 9.97. The summed E-state index contributed by atoms with van der Waals surface area (Å²) in [6.45, 7) is 1.75. The summed E-state index contributed by atoms with van der Waals surface area (Å²) in [4.78, 5) is 0. The van der Waals surface area contributed by atoms with Crippen LogP contribution >= 0.6 is 0 Å². The molecule has 0 amide bonds. The first-order valence-corrected chi connectivity index (χ1v) is 3.73. The predicted molar refractivity (Wildman–Crippen MR) is 50.0 cm³/mol. The third-order valence-corrected chi connectivity index (χ3v) is 1.51. The Hall–Kier alpha value is -2.32. The second-order valence-electron chi connectivity index (χ2n) is 2.48. The minimum Gasteiger partial charge on any atom is -0.380 e. The highest BCUT2D eigenvalue weighted by Gasteiger charge is 2.15. The van der Waals surface area contributed by atoms with Crippen molar-refractivity contribution >= 4 is 23.2 Å². The van der Waals surface area contributed by atoms with Gasteiger partial charge in [-0.15, -0.1) is 10.2 Å². The van der Waals surface area contributed by atoms with E-state index in [1.54, 1.807) is 6.92 Å². The average molecular weight is 193 g/mol. The van der Waals surface area contributed by atoms with Crippen LogP contribution in [0, 0.1) is 0 Å². The number of nitrogens with one attached hydrogen (secondary N) is 2. The van der Waals surface area contributed by atoms with E-state index in [-0.39, 0.29) is 11.8 Å². The van der Waals surface area contributed by atoms with Crippen LogP contribution in [0.2, 0.25) is 0 Å². The van der Waals surface area contributed by atoms with Crippen LogP contribution in [0.3, 0.4) is 0 Å². The molecule has 2 heterocycles. The van der Waals surface area contributed by atoms with E-state index in [0.29, 0.717) is 11.4 Å². The van der Waals surface area contributed by atoms with E-state index in [2.05, 4.69) is 41.4 Å². The molecule has 0 fully saturated rings. The third-order valence-electron chi connectivity index (χ3n) is 1.51. The number of nitrogens with zero attached hydrogens (tertiary/aromatic N) is 6. The summed E-state index contributed by atoms with van der Waals surface area (Å²) in [6, 6.07) is 0. The predicted octanol–water partition coefficient (Wildman–Crippen LogP) is -1.29. The summed E-state index contributed by atoms with van der Waals surface area (Å²) in [5, 5.41) is 24.2. The van der Waals surface area contributed by atoms with Crippen molar-refractivity contribution in [2.24, 2.45) is 21.0 Å². The van der Waals surface area contributed by atoms with Crippen molar-refractivity contribution < 1.29 is 0 Å². The first kappa shape index (κ1) is 8.29. The lowest BCUT2D eigenvalue weighted by Crippen LogP contribution is -2.26. The molecule has 72 valence electrons. The molecule has 1 aliphatic rings. The average Bonchev–Trinajstić information content (AvgIpc) is 2.76. The second kappa shape index (κ2) is 3.20. The molecule has 0 aliphatic carbocycles. The Morgan fingerprint density at radius 3 is 2.86 bits per heavy atom. The number of amidine groups is 1. The summed E-state index contributed by atoms with van der Waals surface area (Å²) < 4.78 is 0. The van der Waals surface area contributed by atoms with Crippen molar-refractivity contribution in [3.63, 3.8) is 0 Å². The zero-order valence-corrected chi connectivity index (χ0v) is 7.26. The molecule has 0 saturated heterocycles. The van der Waals surface area contributed by atoms with E-state index in [9.17, 15) is 0 Å². The fraction of sp³-hybridized carbons (Fsp3) is 0.200. The maximum Gasteiger partial charge on any atom is 0.283 e. The lowest BCUT2D eigenvalue weighted by molar-refractivity contribution is 0.881. The van der Waals surface area contributed by atoms with Gasteiger partial charge in [-0.2, -0.15) is 15.4 Å². The molecule has 2 rings (SSSR count). The highest BCUT2D eigenvalue weighted by atomic mass is 15.5. The Morgan fingerprint density at radius 2 is 2.29 bits per heavy atom. The number of hydrogen-bond donors (Lipinski definition) is 3. The van der Waals surface area contributed by atoms with Gasteiger partial charge in [-0.05, 0) is 12.1 Å². The van der Waals surface area contributed by atoms with Gasteiger partial charge in [-0.3, -0.25) is 0 Å². The van der Waals surface area contributed by atoms with Crippen LogP contribution in [-0.4, -0.2) is 37.9 Å². The highest BCUT2D eigenvalue weighted by molar-refractivity contribution is 6.69. The molecule has 0 saturated carbocycles. The first-order valence-electron chi connectivity index (χ1n) is 3.73. The summed E-state index contributed by atoms with van der Waals surface area (Å²) in [6.07, 6.45) is 0. The summed E-state index contributed by atoms with van der Waals surface area (Å²) in [7, 11) is 0. The maximum absolute atomic E-state index is 5.51. The minimum atomic E-state index is 0.255. The molecule has 0 unspecified atom stereocenters. The molecular weight excluding hydrogens is 186 g/mol. The Morgan fingerprint density at radius 1 is 1.43 bits per heavy atom. The third kappa shape index (κ3) is 1.42. The summed E-state index contributed by atoms with van der Waals surface area (Å²) >= 11 is 0. The molecule has 0 aromatic carbocycles. The van der Waals surface area contributed by atoms with Crippen LogP contribution in [0.15, 0.2) is 15.3 Å². The Bertz CT molecular complexity index is 390. The molecule has 1 aromatic heterocycles. The fourth-order valence-electron chi connectivity index (χ4n) is 0.862. The molecule has 4 N–H and O–H groups in total. The first-order chi connectivity index (χ1) is 6.77. The fourth-order valence-corrected chi connectivity index (χ4v) is 0.862. The van der Waals surface area contributed by atoms with E-state index in [1.165, 1.54) is 0 Å². The molecule has 9 nitrogen and oxygen atoms in total. The van der Waals surface area contributed by atoms with Crippen LogP contribution in [0.1, 0.15) is 6.92 Å². The second-order valence-corrected chi connectivity index (χ2v) is 2.48. The SMILES string of the molecule is CC1=NN=C(N)/C1=N/Nc1nn[nH]n1. The lowest BCUT2D eigenvalue weighted by Gasteiger charge is -1.96. The molecule has 0 atom stereocenters.